The molecule has 0 bridgehead atoms. The van der Waals surface area contributed by atoms with Crippen LogP contribution in [0.5, 0.6) is 0 Å². The fourth-order valence-electron chi connectivity index (χ4n) is 1.74. The molecule has 1 aliphatic rings. The Morgan fingerprint density at radius 3 is 3.11 bits per heavy atom. The van der Waals surface area contributed by atoms with Crippen LogP contribution in [-0.4, -0.2) is 31.7 Å². The lowest BCUT2D eigenvalue weighted by Crippen LogP contribution is -2.40. The van der Waals surface area contributed by atoms with Gasteiger partial charge < -0.3 is 15.4 Å². The Kier molecular flexibility index (Phi) is 4.68. The zero-order valence-corrected chi connectivity index (χ0v) is 11.3. The molecule has 0 saturated carbocycles. The van der Waals surface area contributed by atoms with Gasteiger partial charge in [-0.2, -0.15) is 0 Å². The van der Waals surface area contributed by atoms with Gasteiger partial charge in [0.15, 0.2) is 0 Å². The van der Waals surface area contributed by atoms with Gasteiger partial charge in [0.2, 0.25) is 5.91 Å². The maximum Gasteiger partial charge on any atom is 0.227 e. The Hall–Kier alpha value is -0.980. The van der Waals surface area contributed by atoms with E-state index in [2.05, 4.69) is 26.6 Å². The first-order chi connectivity index (χ1) is 8.65. The lowest BCUT2D eigenvalue weighted by molar-refractivity contribution is -0.119. The van der Waals surface area contributed by atoms with Gasteiger partial charge in [-0.3, -0.25) is 4.79 Å². The summed E-state index contributed by atoms with van der Waals surface area (Å²) in [4.78, 5) is 11.7. The van der Waals surface area contributed by atoms with Crippen molar-refractivity contribution in [2.75, 3.05) is 25.0 Å². The average Bonchev–Trinajstić information content (AvgIpc) is 2.35. The number of hydrogen-bond donors (Lipinski definition) is 2. The molecule has 1 heterocycles. The van der Waals surface area contributed by atoms with Gasteiger partial charge in [-0.15, -0.1) is 0 Å². The zero-order chi connectivity index (χ0) is 13.0. The van der Waals surface area contributed by atoms with E-state index in [-0.39, 0.29) is 18.4 Å². The van der Waals surface area contributed by atoms with E-state index in [9.17, 15) is 9.18 Å². The Morgan fingerprint density at radius 1 is 1.61 bits per heavy atom. The van der Waals surface area contributed by atoms with Crippen LogP contribution in [0, 0.1) is 5.82 Å². The number of ether oxygens (including phenoxy) is 1. The van der Waals surface area contributed by atoms with Crippen molar-refractivity contribution in [1.82, 2.24) is 5.32 Å². The summed E-state index contributed by atoms with van der Waals surface area (Å²) in [7, 11) is 0. The third-order valence-electron chi connectivity index (χ3n) is 2.62. The molecule has 0 aliphatic carbocycles. The molecule has 1 saturated heterocycles. The maximum absolute atomic E-state index is 13.3. The fraction of sp³-hybridized carbons (Fsp3) is 0.417. The van der Waals surface area contributed by atoms with Gasteiger partial charge in [-0.05, 0) is 34.1 Å². The average molecular weight is 317 g/mol. The zero-order valence-electron chi connectivity index (χ0n) is 9.71. The molecule has 0 spiro atoms. The van der Waals surface area contributed by atoms with E-state index in [0.717, 1.165) is 6.54 Å². The van der Waals surface area contributed by atoms with Crippen molar-refractivity contribution in [3.8, 4) is 0 Å². The van der Waals surface area contributed by atoms with Crippen LogP contribution >= 0.6 is 15.9 Å². The molecule has 1 unspecified atom stereocenters. The monoisotopic (exact) mass is 316 g/mol. The second-order valence-corrected chi connectivity index (χ2v) is 4.93. The van der Waals surface area contributed by atoms with Crippen LogP contribution in [0.2, 0.25) is 0 Å². The minimum atomic E-state index is -0.400. The number of carbonyl (C=O) groups excluding carboxylic acids is 1. The van der Waals surface area contributed by atoms with Crippen molar-refractivity contribution in [2.24, 2.45) is 0 Å². The highest BCUT2D eigenvalue weighted by molar-refractivity contribution is 9.10. The molecule has 98 valence electrons. The quantitative estimate of drug-likeness (QED) is 0.895. The Morgan fingerprint density at radius 2 is 2.44 bits per heavy atom. The summed E-state index contributed by atoms with van der Waals surface area (Å²) in [5, 5.41) is 5.80. The molecule has 6 heteroatoms. The summed E-state index contributed by atoms with van der Waals surface area (Å²) >= 11 is 3.06. The van der Waals surface area contributed by atoms with E-state index in [1.54, 1.807) is 12.1 Å². The number of anilines is 1. The predicted molar refractivity (Wildman–Crippen MR) is 70.0 cm³/mol. The molecule has 4 nitrogen and oxygen atoms in total. The highest BCUT2D eigenvalue weighted by Gasteiger charge is 2.17. The maximum atomic E-state index is 13.3. The van der Waals surface area contributed by atoms with E-state index in [1.165, 1.54) is 6.07 Å². The Labute approximate surface area is 113 Å². The molecule has 1 atom stereocenters. The molecule has 2 rings (SSSR count). The Balaban J connectivity index is 1.88. The standard InChI is InChI=1S/C12H14BrFN2O2/c13-10-2-1-8(5-11(10)14)16-12(17)6-9-7-15-3-4-18-9/h1-2,5,9,15H,3-4,6-7H2,(H,16,17). The summed E-state index contributed by atoms with van der Waals surface area (Å²) in [5.41, 5.74) is 0.449. The second kappa shape index (κ2) is 6.26. The predicted octanol–water partition coefficient (Wildman–Crippen LogP) is 1.91. The summed E-state index contributed by atoms with van der Waals surface area (Å²) in [6.45, 7) is 2.10. The fourth-order valence-corrected chi connectivity index (χ4v) is 1.99. The topological polar surface area (TPSA) is 50.4 Å². The molecule has 1 amide bonds. The van der Waals surface area contributed by atoms with Crippen molar-refractivity contribution < 1.29 is 13.9 Å². The van der Waals surface area contributed by atoms with E-state index < -0.39 is 5.82 Å². The van der Waals surface area contributed by atoms with Crippen LogP contribution < -0.4 is 10.6 Å². The van der Waals surface area contributed by atoms with E-state index in [1.807, 2.05) is 0 Å². The summed E-state index contributed by atoms with van der Waals surface area (Å²) in [6, 6.07) is 4.48. The largest absolute Gasteiger partial charge is 0.375 e. The summed E-state index contributed by atoms with van der Waals surface area (Å²) in [5.74, 6) is -0.575. The Bertz CT molecular complexity index is 436. The number of carbonyl (C=O) groups is 1. The minimum absolute atomic E-state index is 0.112. The van der Waals surface area contributed by atoms with Crippen molar-refractivity contribution in [3.63, 3.8) is 0 Å². The molecule has 0 aromatic heterocycles. The number of hydrogen-bond acceptors (Lipinski definition) is 3. The van der Waals surface area contributed by atoms with Gasteiger partial charge >= 0.3 is 0 Å². The molecular weight excluding hydrogens is 303 g/mol. The van der Waals surface area contributed by atoms with E-state index in [0.29, 0.717) is 23.3 Å². The first-order valence-corrected chi connectivity index (χ1v) is 6.51. The minimum Gasteiger partial charge on any atom is -0.375 e. The summed E-state index contributed by atoms with van der Waals surface area (Å²) < 4.78 is 19.1. The molecular formula is C12H14BrFN2O2. The van der Waals surface area contributed by atoms with Crippen LogP contribution in [-0.2, 0) is 9.53 Å². The van der Waals surface area contributed by atoms with Gasteiger partial charge in [-0.1, -0.05) is 0 Å². The lowest BCUT2D eigenvalue weighted by Gasteiger charge is -2.23. The number of amides is 1. The number of rotatable bonds is 3. The van der Waals surface area contributed by atoms with Crippen molar-refractivity contribution in [1.29, 1.82) is 0 Å². The normalized spacial score (nSPS) is 19.6. The van der Waals surface area contributed by atoms with Gasteiger partial charge in [-0.25, -0.2) is 4.39 Å². The van der Waals surface area contributed by atoms with Gasteiger partial charge in [0, 0.05) is 18.8 Å². The molecule has 18 heavy (non-hydrogen) atoms. The number of halogens is 2. The second-order valence-electron chi connectivity index (χ2n) is 4.08. The smallest absolute Gasteiger partial charge is 0.227 e. The van der Waals surface area contributed by atoms with E-state index >= 15 is 0 Å². The van der Waals surface area contributed by atoms with Crippen molar-refractivity contribution >= 4 is 27.5 Å². The SMILES string of the molecule is O=C(CC1CNCCO1)Nc1ccc(Br)c(F)c1. The van der Waals surface area contributed by atoms with Crippen molar-refractivity contribution in [3.05, 3.63) is 28.5 Å². The molecule has 1 aliphatic heterocycles. The first-order valence-electron chi connectivity index (χ1n) is 5.72. The first kappa shape index (κ1) is 13.5. The highest BCUT2D eigenvalue weighted by atomic mass is 79.9. The third-order valence-corrected chi connectivity index (χ3v) is 3.26. The molecule has 1 aromatic rings. The molecule has 1 aromatic carbocycles. The van der Waals surface area contributed by atoms with Gasteiger partial charge in [0.1, 0.15) is 5.82 Å². The highest BCUT2D eigenvalue weighted by Crippen LogP contribution is 2.19. The lowest BCUT2D eigenvalue weighted by atomic mass is 10.2. The van der Waals surface area contributed by atoms with Crippen LogP contribution in [0.15, 0.2) is 22.7 Å². The summed E-state index contributed by atoms with van der Waals surface area (Å²) in [6.07, 6.45) is 0.157. The van der Waals surface area contributed by atoms with Gasteiger partial charge in [0.05, 0.1) is 23.6 Å². The molecule has 2 N–H and O–H groups in total. The van der Waals surface area contributed by atoms with Gasteiger partial charge in [0.25, 0.3) is 0 Å². The number of benzene rings is 1. The number of morpholine rings is 1. The van der Waals surface area contributed by atoms with Crippen molar-refractivity contribution in [2.45, 2.75) is 12.5 Å². The van der Waals surface area contributed by atoms with Crippen LogP contribution in [0.1, 0.15) is 6.42 Å². The van der Waals surface area contributed by atoms with Crippen LogP contribution in [0.4, 0.5) is 10.1 Å². The third kappa shape index (κ3) is 3.76. The van der Waals surface area contributed by atoms with Crippen LogP contribution in [0.3, 0.4) is 0 Å². The van der Waals surface area contributed by atoms with E-state index in [4.69, 9.17) is 4.74 Å². The molecule has 1 fully saturated rings. The van der Waals surface area contributed by atoms with Crippen LogP contribution in [0.25, 0.3) is 0 Å². The number of nitrogens with one attached hydrogen (secondary N) is 2. The molecule has 0 radical (unpaired) electrons.